The normalized spacial score (nSPS) is 18.5. The lowest BCUT2D eigenvalue weighted by molar-refractivity contribution is -0.132. The van der Waals surface area contributed by atoms with Crippen LogP contribution >= 0.6 is 0 Å². The van der Waals surface area contributed by atoms with Gasteiger partial charge in [-0.2, -0.15) is 10.1 Å². The molecular formula is C31H42N8O4. The van der Waals surface area contributed by atoms with Crippen LogP contribution in [0.3, 0.4) is 0 Å². The first-order valence-corrected chi connectivity index (χ1v) is 14.9. The number of hydrogen-bond acceptors (Lipinski definition) is 7. The minimum Gasteiger partial charge on any atom is -0.344 e. The number of aromatic amines is 1. The van der Waals surface area contributed by atoms with Crippen LogP contribution in [0.25, 0.3) is 0 Å². The van der Waals surface area contributed by atoms with Crippen molar-refractivity contribution in [2.45, 2.75) is 85.4 Å². The van der Waals surface area contributed by atoms with Gasteiger partial charge in [0.15, 0.2) is 0 Å². The van der Waals surface area contributed by atoms with Crippen LogP contribution in [-0.4, -0.2) is 66.5 Å². The van der Waals surface area contributed by atoms with E-state index in [1.807, 2.05) is 44.2 Å². The van der Waals surface area contributed by atoms with E-state index in [9.17, 15) is 19.2 Å². The molecule has 12 nitrogen and oxygen atoms in total. The number of nitrogens with zero attached hydrogens (tertiary/aromatic N) is 5. The molecule has 3 N–H and O–H groups in total. The predicted molar refractivity (Wildman–Crippen MR) is 161 cm³/mol. The van der Waals surface area contributed by atoms with Gasteiger partial charge in [0.25, 0.3) is 0 Å². The Hall–Kier alpha value is -4.35. The van der Waals surface area contributed by atoms with E-state index in [1.54, 1.807) is 30.4 Å². The van der Waals surface area contributed by atoms with Crippen LogP contribution in [0.5, 0.6) is 0 Å². The van der Waals surface area contributed by atoms with Gasteiger partial charge in [0.2, 0.25) is 17.7 Å². The Morgan fingerprint density at radius 2 is 1.74 bits per heavy atom. The number of amides is 3. The van der Waals surface area contributed by atoms with Gasteiger partial charge in [-0.05, 0) is 50.7 Å². The number of carbonyl (C=O) groups is 3. The fraction of sp³-hybridized carbons (Fsp3) is 0.516. The summed E-state index contributed by atoms with van der Waals surface area (Å²) in [6.45, 7) is 10.5. The van der Waals surface area contributed by atoms with E-state index in [-0.39, 0.29) is 36.5 Å². The Kier molecular flexibility index (Phi) is 10.4. The highest BCUT2D eigenvalue weighted by molar-refractivity contribution is 5.88. The third-order valence-electron chi connectivity index (χ3n) is 7.79. The first-order valence-electron chi connectivity index (χ1n) is 14.9. The summed E-state index contributed by atoms with van der Waals surface area (Å²) in [4.78, 5) is 65.0. The molecule has 0 fully saturated rings. The number of nitrogens with one attached hydrogen (secondary N) is 3. The average molecular weight is 591 g/mol. The molecule has 3 heterocycles. The van der Waals surface area contributed by atoms with Gasteiger partial charge in [0.05, 0.1) is 12.6 Å². The summed E-state index contributed by atoms with van der Waals surface area (Å²) in [5.41, 5.74) is 2.70. The molecule has 1 aromatic carbocycles. The van der Waals surface area contributed by atoms with E-state index in [4.69, 9.17) is 0 Å². The highest BCUT2D eigenvalue weighted by atomic mass is 16.2. The maximum absolute atomic E-state index is 13.6. The number of carbonyl (C=O) groups excluding carboxylic acids is 3. The van der Waals surface area contributed by atoms with Gasteiger partial charge in [-0.25, -0.2) is 14.5 Å². The minimum atomic E-state index is -0.772. The van der Waals surface area contributed by atoms with E-state index in [1.165, 1.54) is 0 Å². The summed E-state index contributed by atoms with van der Waals surface area (Å²) >= 11 is 0. The summed E-state index contributed by atoms with van der Waals surface area (Å²) in [5.74, 6) is 0.586. The molecule has 3 aromatic rings. The first kappa shape index (κ1) is 31.6. The van der Waals surface area contributed by atoms with Crippen LogP contribution < -0.4 is 16.3 Å². The Balaban J connectivity index is 1.58. The maximum Gasteiger partial charge on any atom is 0.345 e. The zero-order valence-corrected chi connectivity index (χ0v) is 25.6. The highest BCUT2D eigenvalue weighted by Gasteiger charge is 2.30. The lowest BCUT2D eigenvalue weighted by Gasteiger charge is -2.28. The molecule has 0 bridgehead atoms. The van der Waals surface area contributed by atoms with E-state index in [2.05, 4.69) is 30.7 Å². The quantitative estimate of drug-likeness (QED) is 0.397. The predicted octanol–water partition coefficient (Wildman–Crippen LogP) is 2.08. The molecule has 0 radical (unpaired) electrons. The van der Waals surface area contributed by atoms with Gasteiger partial charge < -0.3 is 20.5 Å². The van der Waals surface area contributed by atoms with Crippen molar-refractivity contribution in [3.63, 3.8) is 0 Å². The summed E-state index contributed by atoms with van der Waals surface area (Å²) in [5, 5.41) is 10.7. The smallest absolute Gasteiger partial charge is 0.344 e. The van der Waals surface area contributed by atoms with E-state index < -0.39 is 17.8 Å². The molecule has 4 rings (SSSR count). The van der Waals surface area contributed by atoms with E-state index in [0.717, 1.165) is 11.1 Å². The molecule has 230 valence electrons. The topological polar surface area (TPSA) is 155 Å². The van der Waals surface area contributed by atoms with Crippen LogP contribution in [0.4, 0.5) is 0 Å². The number of aryl methyl sites for hydroxylation is 3. The number of fused-ring (bicyclic) bond motifs is 1. The fourth-order valence-corrected chi connectivity index (χ4v) is 5.50. The lowest BCUT2D eigenvalue weighted by Crippen LogP contribution is -2.50. The van der Waals surface area contributed by atoms with Gasteiger partial charge in [-0.3, -0.25) is 14.4 Å². The summed E-state index contributed by atoms with van der Waals surface area (Å²) in [7, 11) is 0. The second kappa shape index (κ2) is 14.2. The molecule has 1 aliphatic rings. The van der Waals surface area contributed by atoms with Gasteiger partial charge in [-0.15, -0.1) is 0 Å². The van der Waals surface area contributed by atoms with Gasteiger partial charge in [-0.1, -0.05) is 44.2 Å². The standard InChI is InChI=1S/C31H42N8O4/c1-19(2)28-29-34-22(5)37-39(29)17-16-38(27(41)14-13-24-20(3)32-31(43)33-21(24)4)15-9-12-26(40)35-25(30(42)36-28)18-23-10-7-6-8-11-23/h6-8,10-11,19,25,28H,9,12-18H2,1-5H3,(H,35,40)(H,36,42)(H,32,33,43)/t25-,28+/m0/s1. The third kappa shape index (κ3) is 8.36. The maximum atomic E-state index is 13.6. The zero-order valence-electron chi connectivity index (χ0n) is 25.6. The van der Waals surface area contributed by atoms with Crippen molar-refractivity contribution >= 4 is 17.7 Å². The van der Waals surface area contributed by atoms with Gasteiger partial charge >= 0.3 is 5.69 Å². The molecule has 2 aromatic heterocycles. The zero-order chi connectivity index (χ0) is 31.1. The molecule has 0 spiro atoms. The van der Waals surface area contributed by atoms with Crippen LogP contribution in [0.1, 0.15) is 73.3 Å². The lowest BCUT2D eigenvalue weighted by atomic mass is 10.0. The monoisotopic (exact) mass is 590 g/mol. The van der Waals surface area contributed by atoms with Crippen molar-refractivity contribution in [1.82, 2.24) is 40.3 Å². The third-order valence-corrected chi connectivity index (χ3v) is 7.79. The van der Waals surface area contributed by atoms with Crippen LogP contribution in [0.15, 0.2) is 35.1 Å². The fourth-order valence-electron chi connectivity index (χ4n) is 5.50. The van der Waals surface area contributed by atoms with Crippen molar-refractivity contribution in [2.75, 3.05) is 13.1 Å². The van der Waals surface area contributed by atoms with Crippen molar-refractivity contribution in [2.24, 2.45) is 5.92 Å². The molecule has 43 heavy (non-hydrogen) atoms. The number of rotatable bonds is 6. The number of H-pyrrole nitrogens is 1. The van der Waals surface area contributed by atoms with Gasteiger partial charge in [0.1, 0.15) is 17.7 Å². The average Bonchev–Trinajstić information content (AvgIpc) is 3.31. The molecule has 0 aliphatic carbocycles. The molecular weight excluding hydrogens is 548 g/mol. The molecule has 12 heteroatoms. The molecule has 2 atom stereocenters. The van der Waals surface area contributed by atoms with Gasteiger partial charge in [0, 0.05) is 43.7 Å². The Morgan fingerprint density at radius 1 is 1.00 bits per heavy atom. The second-order valence-electron chi connectivity index (χ2n) is 11.5. The molecule has 0 saturated carbocycles. The molecule has 0 saturated heterocycles. The number of benzene rings is 1. The SMILES string of the molecule is Cc1nc2n(n1)CCN(C(=O)CCc1c(C)nc(=O)[nH]c1C)CCCC(=O)N[C@@H](Cc1ccccc1)C(=O)N[C@@H]2C(C)C. The van der Waals surface area contributed by atoms with Crippen LogP contribution in [-0.2, 0) is 33.8 Å². The van der Waals surface area contributed by atoms with Crippen LogP contribution in [0.2, 0.25) is 0 Å². The van der Waals surface area contributed by atoms with Crippen molar-refractivity contribution in [1.29, 1.82) is 0 Å². The molecule has 1 aliphatic heterocycles. The highest BCUT2D eigenvalue weighted by Crippen LogP contribution is 2.22. The Morgan fingerprint density at radius 3 is 2.44 bits per heavy atom. The Bertz CT molecular complexity index is 1470. The molecule has 3 amide bonds. The van der Waals surface area contributed by atoms with Crippen molar-refractivity contribution < 1.29 is 14.4 Å². The Labute approximate surface area is 251 Å². The summed E-state index contributed by atoms with van der Waals surface area (Å²) in [6, 6.07) is 8.36. The number of aromatic nitrogens is 5. The van der Waals surface area contributed by atoms with Crippen molar-refractivity contribution in [3.8, 4) is 0 Å². The largest absolute Gasteiger partial charge is 0.345 e. The molecule has 0 unspecified atom stereocenters. The second-order valence-corrected chi connectivity index (χ2v) is 11.5. The number of hydrogen-bond donors (Lipinski definition) is 3. The van der Waals surface area contributed by atoms with Crippen molar-refractivity contribution in [3.05, 3.63) is 75.0 Å². The summed E-state index contributed by atoms with van der Waals surface area (Å²) in [6.07, 6.45) is 1.62. The first-order chi connectivity index (χ1) is 20.5. The summed E-state index contributed by atoms with van der Waals surface area (Å²) < 4.78 is 1.78. The van der Waals surface area contributed by atoms with Crippen LogP contribution in [0, 0.1) is 26.7 Å². The van der Waals surface area contributed by atoms with E-state index >= 15 is 0 Å². The van der Waals surface area contributed by atoms with E-state index in [0.29, 0.717) is 61.9 Å². The minimum absolute atomic E-state index is 0.0116.